The smallest absolute Gasteiger partial charge is 0.336 e. The van der Waals surface area contributed by atoms with Gasteiger partial charge in [-0.1, -0.05) is 17.7 Å². The highest BCUT2D eigenvalue weighted by atomic mass is 16.6. The molecule has 5 rings (SSSR count). The number of aromatic nitrogens is 2. The molecule has 0 spiro atoms. The summed E-state index contributed by atoms with van der Waals surface area (Å²) in [7, 11) is 0. The van der Waals surface area contributed by atoms with Gasteiger partial charge in [0.2, 0.25) is 5.75 Å². The Kier molecular flexibility index (Phi) is 5.39. The van der Waals surface area contributed by atoms with Gasteiger partial charge in [0.05, 0.1) is 5.52 Å². The molecule has 1 N–H and O–H groups in total. The fourth-order valence-electron chi connectivity index (χ4n) is 4.00. The molecule has 0 aliphatic carbocycles. The Morgan fingerprint density at radius 3 is 2.45 bits per heavy atom. The number of hydrogen-bond acceptors (Lipinski definition) is 8. The molecular formula is C24H22N4O5. The minimum Gasteiger partial charge on any atom is -0.419 e. The molecule has 3 heterocycles. The zero-order valence-corrected chi connectivity index (χ0v) is 18.0. The summed E-state index contributed by atoms with van der Waals surface area (Å²) in [5.74, 6) is -1.10. The maximum atomic E-state index is 13.7. The molecule has 0 radical (unpaired) electrons. The molecule has 2 aromatic carbocycles. The van der Waals surface area contributed by atoms with Crippen molar-refractivity contribution in [1.29, 1.82) is 0 Å². The van der Waals surface area contributed by atoms with E-state index in [1.807, 2.05) is 36.1 Å². The molecule has 2 aliphatic rings. The van der Waals surface area contributed by atoms with Gasteiger partial charge in [-0.15, -0.1) is 0 Å². The van der Waals surface area contributed by atoms with E-state index in [-0.39, 0.29) is 28.4 Å². The molecule has 3 aromatic rings. The summed E-state index contributed by atoms with van der Waals surface area (Å²) in [6.07, 6.45) is 2.86. The molecular weight excluding hydrogens is 424 g/mol. The van der Waals surface area contributed by atoms with Crippen LogP contribution in [0.1, 0.15) is 12.0 Å². The lowest BCUT2D eigenvalue weighted by molar-refractivity contribution is -0.133. The first-order valence-electron chi connectivity index (χ1n) is 10.8. The Morgan fingerprint density at radius 2 is 1.67 bits per heavy atom. The summed E-state index contributed by atoms with van der Waals surface area (Å²) in [5.41, 5.74) is 2.13. The average molecular weight is 446 g/mol. The molecule has 1 saturated heterocycles. The van der Waals surface area contributed by atoms with Crippen molar-refractivity contribution in [3.8, 4) is 17.2 Å². The lowest BCUT2D eigenvalue weighted by Gasteiger charge is -2.23. The minimum atomic E-state index is -0.726. The van der Waals surface area contributed by atoms with Crippen molar-refractivity contribution in [3.05, 3.63) is 64.5 Å². The Bertz CT molecular complexity index is 1340. The van der Waals surface area contributed by atoms with Gasteiger partial charge in [-0.25, -0.2) is 14.6 Å². The molecule has 9 heteroatoms. The van der Waals surface area contributed by atoms with Gasteiger partial charge >= 0.3 is 11.9 Å². The zero-order valence-electron chi connectivity index (χ0n) is 18.0. The number of carbonyl (C=O) groups is 2. The number of rotatable bonds is 2. The number of hydrogen-bond donors (Lipinski definition) is 1. The van der Waals surface area contributed by atoms with Crippen molar-refractivity contribution in [1.82, 2.24) is 14.9 Å². The van der Waals surface area contributed by atoms with E-state index >= 15 is 0 Å². The predicted octanol–water partition coefficient (Wildman–Crippen LogP) is 1.87. The second kappa shape index (κ2) is 8.51. The molecule has 0 amide bonds. The van der Waals surface area contributed by atoms with Gasteiger partial charge in [-0.3, -0.25) is 9.36 Å². The maximum Gasteiger partial charge on any atom is 0.336 e. The molecule has 1 fully saturated rings. The lowest BCUT2D eigenvalue weighted by Crippen LogP contribution is -2.35. The number of nitrogens with zero attached hydrogens (tertiary/aromatic N) is 3. The maximum absolute atomic E-state index is 13.7. The summed E-state index contributed by atoms with van der Waals surface area (Å²) in [5, 5.41) is 3.32. The van der Waals surface area contributed by atoms with E-state index < -0.39 is 11.9 Å². The Morgan fingerprint density at radius 1 is 0.909 bits per heavy atom. The molecule has 9 nitrogen and oxygen atoms in total. The number of ether oxygens (including phenoxy) is 2. The van der Waals surface area contributed by atoms with Gasteiger partial charge in [0.1, 0.15) is 5.52 Å². The van der Waals surface area contributed by atoms with Crippen LogP contribution in [0.3, 0.4) is 0 Å². The van der Waals surface area contributed by atoms with Gasteiger partial charge in [0.25, 0.3) is 5.56 Å². The highest BCUT2D eigenvalue weighted by Crippen LogP contribution is 2.36. The molecule has 0 atom stereocenters. The molecule has 33 heavy (non-hydrogen) atoms. The third-order valence-electron chi connectivity index (χ3n) is 5.63. The largest absolute Gasteiger partial charge is 0.419 e. The van der Waals surface area contributed by atoms with E-state index in [9.17, 15) is 14.4 Å². The van der Waals surface area contributed by atoms with Crippen LogP contribution in [0.4, 0.5) is 5.82 Å². The van der Waals surface area contributed by atoms with Gasteiger partial charge in [0, 0.05) is 37.5 Å². The van der Waals surface area contributed by atoms with E-state index in [2.05, 4.69) is 10.3 Å². The lowest BCUT2D eigenvalue weighted by atomic mass is 10.2. The van der Waals surface area contributed by atoms with Crippen molar-refractivity contribution in [2.45, 2.75) is 13.3 Å². The first-order valence-corrected chi connectivity index (χ1v) is 10.8. The number of carbonyl (C=O) groups excluding carboxylic acids is 2. The van der Waals surface area contributed by atoms with Crippen molar-refractivity contribution in [3.63, 3.8) is 0 Å². The summed E-state index contributed by atoms with van der Waals surface area (Å²) in [6.45, 7) is 4.80. The van der Waals surface area contributed by atoms with Crippen LogP contribution in [-0.2, 0) is 9.59 Å². The standard InChI is InChI=1S/C24H22N4O5/c1-15-3-5-16(6-4-15)28-17-7-8-18-22(33-20(30)10-9-19(29)32-18)21(17)26-23(24(28)31)27-13-2-11-25-12-14-27/h3-10,25H,2,11-14H2,1H3/b10-9-. The number of aryl methyl sites for hydroxylation is 1. The molecule has 168 valence electrons. The topological polar surface area (TPSA) is 103 Å². The van der Waals surface area contributed by atoms with E-state index in [4.69, 9.17) is 9.47 Å². The van der Waals surface area contributed by atoms with Crippen LogP contribution in [0.15, 0.2) is 53.3 Å². The van der Waals surface area contributed by atoms with Gasteiger partial charge in [-0.2, -0.15) is 0 Å². The molecule has 2 aliphatic heterocycles. The van der Waals surface area contributed by atoms with Crippen molar-refractivity contribution < 1.29 is 19.1 Å². The van der Waals surface area contributed by atoms with Crippen LogP contribution in [0.2, 0.25) is 0 Å². The normalized spacial score (nSPS) is 17.4. The monoisotopic (exact) mass is 446 g/mol. The quantitative estimate of drug-likeness (QED) is 0.470. The number of benzene rings is 2. The van der Waals surface area contributed by atoms with Crippen LogP contribution < -0.4 is 25.2 Å². The van der Waals surface area contributed by atoms with Crippen LogP contribution in [0, 0.1) is 6.92 Å². The minimum absolute atomic E-state index is 0.00487. The predicted molar refractivity (Wildman–Crippen MR) is 122 cm³/mol. The number of fused-ring (bicyclic) bond motifs is 3. The first kappa shape index (κ1) is 20.9. The summed E-state index contributed by atoms with van der Waals surface area (Å²) < 4.78 is 12.4. The summed E-state index contributed by atoms with van der Waals surface area (Å²) in [4.78, 5) is 44.6. The van der Waals surface area contributed by atoms with E-state index in [0.717, 1.165) is 30.7 Å². The zero-order chi connectivity index (χ0) is 22.9. The highest BCUT2D eigenvalue weighted by Gasteiger charge is 2.25. The van der Waals surface area contributed by atoms with E-state index in [1.165, 1.54) is 6.07 Å². The van der Waals surface area contributed by atoms with Crippen LogP contribution in [0.5, 0.6) is 11.5 Å². The van der Waals surface area contributed by atoms with Gasteiger partial charge < -0.3 is 19.7 Å². The van der Waals surface area contributed by atoms with E-state index in [1.54, 1.807) is 10.6 Å². The summed E-state index contributed by atoms with van der Waals surface area (Å²) in [6, 6.07) is 10.7. The molecule has 0 unspecified atom stereocenters. The first-order chi connectivity index (χ1) is 16.0. The molecule has 0 saturated carbocycles. The Hall–Kier alpha value is -3.98. The van der Waals surface area contributed by atoms with Crippen molar-refractivity contribution in [2.75, 3.05) is 31.1 Å². The third-order valence-corrected chi connectivity index (χ3v) is 5.63. The Balaban J connectivity index is 1.81. The third kappa shape index (κ3) is 3.98. The van der Waals surface area contributed by atoms with Crippen molar-refractivity contribution >= 4 is 28.8 Å². The second-order valence-electron chi connectivity index (χ2n) is 7.94. The summed E-state index contributed by atoms with van der Waals surface area (Å²) >= 11 is 0. The fourth-order valence-corrected chi connectivity index (χ4v) is 4.00. The van der Waals surface area contributed by atoms with Crippen LogP contribution in [-0.4, -0.2) is 47.7 Å². The van der Waals surface area contributed by atoms with E-state index in [0.29, 0.717) is 30.8 Å². The number of nitrogens with one attached hydrogen (secondary N) is 1. The number of anilines is 1. The molecule has 0 bridgehead atoms. The molecule has 1 aromatic heterocycles. The fraction of sp³-hybridized carbons (Fsp3) is 0.250. The number of esters is 2. The second-order valence-corrected chi connectivity index (χ2v) is 7.94. The van der Waals surface area contributed by atoms with Gasteiger partial charge in [0.15, 0.2) is 11.6 Å². The average Bonchev–Trinajstić information content (AvgIpc) is 3.08. The van der Waals surface area contributed by atoms with Crippen LogP contribution >= 0.6 is 0 Å². The Labute approximate surface area is 189 Å². The SMILES string of the molecule is Cc1ccc(-n2c(=O)c(N3CCCNCC3)nc3c4c(ccc32)OC(=O)/C=C\C(=O)O4)cc1. The van der Waals surface area contributed by atoms with Gasteiger partial charge in [-0.05, 0) is 44.2 Å². The van der Waals surface area contributed by atoms with Crippen molar-refractivity contribution in [2.24, 2.45) is 0 Å². The van der Waals surface area contributed by atoms with Crippen LogP contribution in [0.25, 0.3) is 16.7 Å². The highest BCUT2D eigenvalue weighted by molar-refractivity contribution is 5.98.